The largest absolute Gasteiger partial charge is 0.482 e. The highest BCUT2D eigenvalue weighted by atomic mass is 16.5. The molecule has 0 bridgehead atoms. The molecule has 2 aromatic carbocycles. The first kappa shape index (κ1) is 15.5. The van der Waals surface area contributed by atoms with E-state index in [1.165, 1.54) is 0 Å². The molecule has 5 heteroatoms. The second kappa shape index (κ2) is 7.81. The zero-order valence-corrected chi connectivity index (χ0v) is 12.2. The summed E-state index contributed by atoms with van der Waals surface area (Å²) in [6, 6.07) is 16.2. The van der Waals surface area contributed by atoms with Crippen molar-refractivity contribution in [2.45, 2.75) is 6.61 Å². The van der Waals surface area contributed by atoms with E-state index in [2.05, 4.69) is 5.32 Å². The minimum Gasteiger partial charge on any atom is -0.482 e. The molecule has 0 heterocycles. The molecule has 0 aliphatic rings. The molecule has 0 saturated carbocycles. The first-order valence-corrected chi connectivity index (χ1v) is 6.72. The number of amides is 1. The molecule has 1 N–H and O–H groups in total. The number of nitriles is 1. The molecule has 0 saturated heterocycles. The van der Waals surface area contributed by atoms with Crippen LogP contribution < -0.4 is 10.1 Å². The van der Waals surface area contributed by atoms with Crippen molar-refractivity contribution in [3.05, 3.63) is 59.7 Å². The molecular weight excluding hydrogens is 280 g/mol. The van der Waals surface area contributed by atoms with Crippen LogP contribution in [0.1, 0.15) is 11.1 Å². The summed E-state index contributed by atoms with van der Waals surface area (Å²) in [6.07, 6.45) is 0. The Hall–Kier alpha value is -2.84. The van der Waals surface area contributed by atoms with Crippen molar-refractivity contribution in [3.8, 4) is 11.8 Å². The Labute approximate surface area is 129 Å². The molecule has 0 aromatic heterocycles. The SMILES string of the molecule is COCc1cccc(NC(=O)COc2ccccc2C#N)c1. The fourth-order valence-corrected chi connectivity index (χ4v) is 1.93. The van der Waals surface area contributed by atoms with Gasteiger partial charge in [0.2, 0.25) is 0 Å². The number of nitrogens with zero attached hydrogens (tertiary/aromatic N) is 1. The summed E-state index contributed by atoms with van der Waals surface area (Å²) in [5, 5.41) is 11.7. The number of methoxy groups -OCH3 is 1. The molecule has 1 amide bonds. The average molecular weight is 296 g/mol. The Morgan fingerprint density at radius 1 is 1.23 bits per heavy atom. The van der Waals surface area contributed by atoms with Gasteiger partial charge in [-0.2, -0.15) is 5.26 Å². The lowest BCUT2D eigenvalue weighted by atomic mass is 10.2. The highest BCUT2D eigenvalue weighted by Crippen LogP contribution is 2.16. The van der Waals surface area contributed by atoms with E-state index >= 15 is 0 Å². The predicted octanol–water partition coefficient (Wildman–Crippen LogP) is 2.72. The van der Waals surface area contributed by atoms with Crippen molar-refractivity contribution in [1.82, 2.24) is 0 Å². The first-order chi connectivity index (χ1) is 10.7. The molecule has 2 rings (SSSR count). The number of carbonyl (C=O) groups is 1. The van der Waals surface area contributed by atoms with E-state index in [0.29, 0.717) is 23.6 Å². The number of nitrogens with one attached hydrogen (secondary N) is 1. The molecule has 2 aromatic rings. The Kier molecular flexibility index (Phi) is 5.52. The first-order valence-electron chi connectivity index (χ1n) is 6.72. The third-order valence-electron chi connectivity index (χ3n) is 2.89. The minimum atomic E-state index is -0.290. The van der Waals surface area contributed by atoms with Crippen molar-refractivity contribution in [2.24, 2.45) is 0 Å². The fraction of sp³-hybridized carbons (Fsp3) is 0.176. The molecular formula is C17H16N2O3. The number of hydrogen-bond acceptors (Lipinski definition) is 4. The fourth-order valence-electron chi connectivity index (χ4n) is 1.93. The Morgan fingerprint density at radius 2 is 2.05 bits per heavy atom. The van der Waals surface area contributed by atoms with Gasteiger partial charge in [-0.15, -0.1) is 0 Å². The maximum Gasteiger partial charge on any atom is 0.262 e. The van der Waals surface area contributed by atoms with Gasteiger partial charge < -0.3 is 14.8 Å². The third kappa shape index (κ3) is 4.33. The Morgan fingerprint density at radius 3 is 2.82 bits per heavy atom. The number of anilines is 1. The van der Waals surface area contributed by atoms with Crippen molar-refractivity contribution >= 4 is 11.6 Å². The van der Waals surface area contributed by atoms with Crippen LogP contribution in [0.25, 0.3) is 0 Å². The van der Waals surface area contributed by atoms with Crippen LogP contribution in [0.3, 0.4) is 0 Å². The summed E-state index contributed by atoms with van der Waals surface area (Å²) in [4.78, 5) is 11.9. The van der Waals surface area contributed by atoms with Crippen LogP contribution in [-0.4, -0.2) is 19.6 Å². The smallest absolute Gasteiger partial charge is 0.262 e. The van der Waals surface area contributed by atoms with Gasteiger partial charge in [-0.3, -0.25) is 4.79 Å². The summed E-state index contributed by atoms with van der Waals surface area (Å²) in [5.41, 5.74) is 2.05. The van der Waals surface area contributed by atoms with Gasteiger partial charge in [0.15, 0.2) is 6.61 Å². The van der Waals surface area contributed by atoms with E-state index in [1.807, 2.05) is 24.3 Å². The van der Waals surface area contributed by atoms with E-state index in [4.69, 9.17) is 14.7 Å². The van der Waals surface area contributed by atoms with Crippen LogP contribution in [0, 0.1) is 11.3 Å². The lowest BCUT2D eigenvalue weighted by Crippen LogP contribution is -2.20. The molecule has 0 unspecified atom stereocenters. The highest BCUT2D eigenvalue weighted by Gasteiger charge is 2.07. The van der Waals surface area contributed by atoms with Crippen molar-refractivity contribution in [1.29, 1.82) is 5.26 Å². The number of benzene rings is 2. The van der Waals surface area contributed by atoms with Crippen LogP contribution in [0.2, 0.25) is 0 Å². The molecule has 112 valence electrons. The summed E-state index contributed by atoms with van der Waals surface area (Å²) < 4.78 is 10.4. The zero-order valence-electron chi connectivity index (χ0n) is 12.2. The predicted molar refractivity (Wildman–Crippen MR) is 82.4 cm³/mol. The van der Waals surface area contributed by atoms with Crippen LogP contribution in [0.4, 0.5) is 5.69 Å². The van der Waals surface area contributed by atoms with Gasteiger partial charge in [0.1, 0.15) is 11.8 Å². The lowest BCUT2D eigenvalue weighted by Gasteiger charge is -2.09. The third-order valence-corrected chi connectivity index (χ3v) is 2.89. The molecule has 22 heavy (non-hydrogen) atoms. The Bertz CT molecular complexity index is 692. The van der Waals surface area contributed by atoms with Gasteiger partial charge in [0.25, 0.3) is 5.91 Å². The second-order valence-electron chi connectivity index (χ2n) is 4.58. The normalized spacial score (nSPS) is 9.82. The lowest BCUT2D eigenvalue weighted by molar-refractivity contribution is -0.118. The summed E-state index contributed by atoms with van der Waals surface area (Å²) in [7, 11) is 1.62. The number of rotatable bonds is 6. The molecule has 0 aliphatic carbocycles. The van der Waals surface area contributed by atoms with Gasteiger partial charge in [-0.1, -0.05) is 24.3 Å². The molecule has 0 fully saturated rings. The van der Waals surface area contributed by atoms with Gasteiger partial charge in [0.05, 0.1) is 12.2 Å². The van der Waals surface area contributed by atoms with Gasteiger partial charge in [-0.05, 0) is 29.8 Å². The molecule has 5 nitrogen and oxygen atoms in total. The highest BCUT2D eigenvalue weighted by molar-refractivity contribution is 5.91. The number of carbonyl (C=O) groups excluding carboxylic acids is 1. The van der Waals surface area contributed by atoms with E-state index in [1.54, 1.807) is 37.4 Å². The summed E-state index contributed by atoms with van der Waals surface area (Å²) in [5.74, 6) is 0.107. The number of ether oxygens (including phenoxy) is 2. The van der Waals surface area contributed by atoms with Crippen molar-refractivity contribution in [3.63, 3.8) is 0 Å². The average Bonchev–Trinajstić information content (AvgIpc) is 2.54. The maximum absolute atomic E-state index is 11.9. The minimum absolute atomic E-state index is 0.160. The van der Waals surface area contributed by atoms with E-state index in [0.717, 1.165) is 5.56 Å². The van der Waals surface area contributed by atoms with Gasteiger partial charge in [-0.25, -0.2) is 0 Å². The van der Waals surface area contributed by atoms with Crippen LogP contribution in [0.15, 0.2) is 48.5 Å². The molecule has 0 radical (unpaired) electrons. The number of para-hydroxylation sites is 1. The van der Waals surface area contributed by atoms with Crippen molar-refractivity contribution < 1.29 is 14.3 Å². The van der Waals surface area contributed by atoms with Crippen LogP contribution in [0.5, 0.6) is 5.75 Å². The maximum atomic E-state index is 11.9. The summed E-state index contributed by atoms with van der Waals surface area (Å²) in [6.45, 7) is 0.322. The molecule has 0 spiro atoms. The van der Waals surface area contributed by atoms with Crippen LogP contribution in [-0.2, 0) is 16.1 Å². The molecule has 0 atom stereocenters. The topological polar surface area (TPSA) is 71.3 Å². The van der Waals surface area contributed by atoms with E-state index < -0.39 is 0 Å². The molecule has 0 aliphatic heterocycles. The number of hydrogen-bond donors (Lipinski definition) is 1. The second-order valence-corrected chi connectivity index (χ2v) is 4.58. The quantitative estimate of drug-likeness (QED) is 0.889. The van der Waals surface area contributed by atoms with Crippen molar-refractivity contribution in [2.75, 3.05) is 19.0 Å². The standard InChI is InChI=1S/C17H16N2O3/c1-21-11-13-5-4-7-15(9-13)19-17(20)12-22-16-8-3-2-6-14(16)10-18/h2-9H,11-12H2,1H3,(H,19,20). The van der Waals surface area contributed by atoms with E-state index in [9.17, 15) is 4.79 Å². The zero-order chi connectivity index (χ0) is 15.8. The Balaban J connectivity index is 1.93. The van der Waals surface area contributed by atoms with E-state index in [-0.39, 0.29) is 12.5 Å². The van der Waals surface area contributed by atoms with Gasteiger partial charge in [0, 0.05) is 12.8 Å². The van der Waals surface area contributed by atoms with Gasteiger partial charge >= 0.3 is 0 Å². The van der Waals surface area contributed by atoms with Crippen LogP contribution >= 0.6 is 0 Å². The monoisotopic (exact) mass is 296 g/mol. The summed E-state index contributed by atoms with van der Waals surface area (Å²) >= 11 is 0.